The molecule has 6 nitrogen and oxygen atoms in total. The first-order valence-electron chi connectivity index (χ1n) is 6.68. The zero-order chi connectivity index (χ0) is 13.8. The van der Waals surface area contributed by atoms with E-state index in [4.69, 9.17) is 0 Å². The molecule has 1 saturated heterocycles. The molecule has 1 aromatic heterocycles. The molecule has 2 rings (SSSR count). The number of aromatic nitrogens is 2. The van der Waals surface area contributed by atoms with E-state index in [-0.39, 0.29) is 11.8 Å². The Labute approximate surface area is 113 Å². The standard InChI is InChI=1S/C13H21N5O/c1-9(2)13-16-10(14-3)7-11(17-13)18-6-4-5-15-12(19)8-18/h7,9H,4-6,8H2,1-3H3,(H,15,19)(H,14,16,17). The first kappa shape index (κ1) is 13.6. The lowest BCUT2D eigenvalue weighted by atomic mass is 10.2. The number of amides is 1. The Morgan fingerprint density at radius 3 is 2.89 bits per heavy atom. The lowest BCUT2D eigenvalue weighted by Crippen LogP contribution is -2.33. The van der Waals surface area contributed by atoms with Crippen LogP contribution in [0.2, 0.25) is 0 Å². The van der Waals surface area contributed by atoms with Gasteiger partial charge in [0, 0.05) is 32.1 Å². The van der Waals surface area contributed by atoms with E-state index < -0.39 is 0 Å². The zero-order valence-electron chi connectivity index (χ0n) is 11.7. The van der Waals surface area contributed by atoms with Crippen LogP contribution in [0, 0.1) is 0 Å². The maximum absolute atomic E-state index is 11.6. The first-order valence-corrected chi connectivity index (χ1v) is 6.68. The van der Waals surface area contributed by atoms with Crippen LogP contribution in [-0.2, 0) is 4.79 Å². The molecule has 1 amide bonds. The van der Waals surface area contributed by atoms with Crippen molar-refractivity contribution < 1.29 is 4.79 Å². The number of carbonyl (C=O) groups is 1. The molecular weight excluding hydrogens is 242 g/mol. The molecule has 19 heavy (non-hydrogen) atoms. The molecule has 0 bridgehead atoms. The largest absolute Gasteiger partial charge is 0.373 e. The van der Waals surface area contributed by atoms with Gasteiger partial charge in [-0.05, 0) is 6.42 Å². The van der Waals surface area contributed by atoms with E-state index >= 15 is 0 Å². The highest BCUT2D eigenvalue weighted by Gasteiger charge is 2.18. The Balaban J connectivity index is 2.31. The summed E-state index contributed by atoms with van der Waals surface area (Å²) in [5.74, 6) is 2.71. The molecule has 1 aliphatic heterocycles. The molecule has 1 aromatic rings. The number of hydrogen-bond acceptors (Lipinski definition) is 5. The maximum Gasteiger partial charge on any atom is 0.239 e. The molecule has 1 fully saturated rings. The second-order valence-corrected chi connectivity index (χ2v) is 5.00. The number of carbonyl (C=O) groups excluding carboxylic acids is 1. The Morgan fingerprint density at radius 1 is 1.42 bits per heavy atom. The van der Waals surface area contributed by atoms with Crippen LogP contribution in [0.15, 0.2) is 6.07 Å². The number of rotatable bonds is 3. The van der Waals surface area contributed by atoms with Gasteiger partial charge in [-0.1, -0.05) is 13.8 Å². The van der Waals surface area contributed by atoms with Crippen LogP contribution in [-0.4, -0.2) is 42.6 Å². The fraction of sp³-hybridized carbons (Fsp3) is 0.615. The Morgan fingerprint density at radius 2 is 2.21 bits per heavy atom. The summed E-state index contributed by atoms with van der Waals surface area (Å²) in [5, 5.41) is 5.92. The van der Waals surface area contributed by atoms with Crippen molar-refractivity contribution in [1.82, 2.24) is 15.3 Å². The minimum Gasteiger partial charge on any atom is -0.373 e. The third-order valence-electron chi connectivity index (χ3n) is 3.09. The summed E-state index contributed by atoms with van der Waals surface area (Å²) < 4.78 is 0. The zero-order valence-corrected chi connectivity index (χ0v) is 11.7. The van der Waals surface area contributed by atoms with Crippen molar-refractivity contribution in [2.24, 2.45) is 0 Å². The predicted octanol–water partition coefficient (Wildman–Crippen LogP) is 0.968. The van der Waals surface area contributed by atoms with Crippen LogP contribution >= 0.6 is 0 Å². The lowest BCUT2D eigenvalue weighted by molar-refractivity contribution is -0.119. The monoisotopic (exact) mass is 263 g/mol. The highest BCUT2D eigenvalue weighted by atomic mass is 16.2. The highest BCUT2D eigenvalue weighted by molar-refractivity contribution is 5.81. The fourth-order valence-electron chi connectivity index (χ4n) is 2.00. The second kappa shape index (κ2) is 5.86. The van der Waals surface area contributed by atoms with Crippen molar-refractivity contribution in [3.63, 3.8) is 0 Å². The molecule has 0 radical (unpaired) electrons. The molecule has 0 unspecified atom stereocenters. The van der Waals surface area contributed by atoms with Crippen LogP contribution < -0.4 is 15.5 Å². The van der Waals surface area contributed by atoms with Crippen LogP contribution in [0.3, 0.4) is 0 Å². The molecule has 2 N–H and O–H groups in total. The summed E-state index contributed by atoms with van der Waals surface area (Å²) in [7, 11) is 1.84. The van der Waals surface area contributed by atoms with Gasteiger partial charge in [-0.15, -0.1) is 0 Å². The minimum atomic E-state index is 0.0493. The van der Waals surface area contributed by atoms with E-state index in [0.717, 1.165) is 37.0 Å². The summed E-state index contributed by atoms with van der Waals surface area (Å²) in [6.07, 6.45) is 0.932. The van der Waals surface area contributed by atoms with Gasteiger partial charge in [-0.25, -0.2) is 9.97 Å². The van der Waals surface area contributed by atoms with Gasteiger partial charge in [0.05, 0.1) is 6.54 Å². The van der Waals surface area contributed by atoms with Gasteiger partial charge >= 0.3 is 0 Å². The average Bonchev–Trinajstić information content (AvgIpc) is 2.62. The number of hydrogen-bond donors (Lipinski definition) is 2. The van der Waals surface area contributed by atoms with Crippen molar-refractivity contribution in [2.45, 2.75) is 26.2 Å². The molecule has 0 aliphatic carbocycles. The van der Waals surface area contributed by atoms with E-state index in [1.165, 1.54) is 0 Å². The fourth-order valence-corrected chi connectivity index (χ4v) is 2.00. The van der Waals surface area contributed by atoms with Crippen LogP contribution in [0.4, 0.5) is 11.6 Å². The molecule has 0 atom stereocenters. The van der Waals surface area contributed by atoms with Gasteiger partial charge in [-0.2, -0.15) is 0 Å². The Kier molecular flexibility index (Phi) is 4.19. The molecule has 6 heteroatoms. The quantitative estimate of drug-likeness (QED) is 0.850. The third kappa shape index (κ3) is 3.33. The normalized spacial score (nSPS) is 16.2. The maximum atomic E-state index is 11.6. The van der Waals surface area contributed by atoms with Gasteiger partial charge in [0.25, 0.3) is 0 Å². The first-order chi connectivity index (χ1) is 9.10. The van der Waals surface area contributed by atoms with Gasteiger partial charge in [0.15, 0.2) is 0 Å². The summed E-state index contributed by atoms with van der Waals surface area (Å²) in [6.45, 7) is 6.05. The molecule has 0 saturated carbocycles. The van der Waals surface area contributed by atoms with Crippen LogP contribution in [0.25, 0.3) is 0 Å². The summed E-state index contributed by atoms with van der Waals surface area (Å²) in [4.78, 5) is 22.7. The molecular formula is C13H21N5O. The van der Waals surface area contributed by atoms with Gasteiger partial charge < -0.3 is 15.5 Å². The molecule has 0 aromatic carbocycles. The molecule has 0 spiro atoms. The van der Waals surface area contributed by atoms with Crippen molar-refractivity contribution >= 4 is 17.5 Å². The predicted molar refractivity (Wildman–Crippen MR) is 75.5 cm³/mol. The van der Waals surface area contributed by atoms with Crippen LogP contribution in [0.1, 0.15) is 32.0 Å². The summed E-state index contributed by atoms with van der Waals surface area (Å²) in [6, 6.07) is 1.89. The Bertz CT molecular complexity index is 460. The SMILES string of the molecule is CNc1cc(N2CCCNC(=O)C2)nc(C(C)C)n1. The van der Waals surface area contributed by atoms with E-state index in [2.05, 4.69) is 34.4 Å². The van der Waals surface area contributed by atoms with E-state index in [0.29, 0.717) is 6.54 Å². The minimum absolute atomic E-state index is 0.0493. The second-order valence-electron chi connectivity index (χ2n) is 5.00. The van der Waals surface area contributed by atoms with Crippen molar-refractivity contribution in [3.8, 4) is 0 Å². The number of anilines is 2. The topological polar surface area (TPSA) is 70.2 Å². The molecule has 1 aliphatic rings. The van der Waals surface area contributed by atoms with Gasteiger partial charge in [0.2, 0.25) is 5.91 Å². The lowest BCUT2D eigenvalue weighted by Gasteiger charge is -2.21. The van der Waals surface area contributed by atoms with Crippen molar-refractivity contribution in [2.75, 3.05) is 36.9 Å². The van der Waals surface area contributed by atoms with E-state index in [9.17, 15) is 4.79 Å². The van der Waals surface area contributed by atoms with E-state index in [1.54, 1.807) is 0 Å². The number of nitrogens with one attached hydrogen (secondary N) is 2. The van der Waals surface area contributed by atoms with Gasteiger partial charge in [-0.3, -0.25) is 4.79 Å². The summed E-state index contributed by atoms with van der Waals surface area (Å²) >= 11 is 0. The van der Waals surface area contributed by atoms with E-state index in [1.807, 2.05) is 18.0 Å². The third-order valence-corrected chi connectivity index (χ3v) is 3.09. The highest BCUT2D eigenvalue weighted by Crippen LogP contribution is 2.20. The smallest absolute Gasteiger partial charge is 0.239 e. The van der Waals surface area contributed by atoms with Gasteiger partial charge in [0.1, 0.15) is 17.5 Å². The summed E-state index contributed by atoms with van der Waals surface area (Å²) in [5.41, 5.74) is 0. The van der Waals surface area contributed by atoms with Crippen LogP contribution in [0.5, 0.6) is 0 Å². The van der Waals surface area contributed by atoms with Crippen molar-refractivity contribution in [3.05, 3.63) is 11.9 Å². The molecule has 104 valence electrons. The molecule has 2 heterocycles. The number of nitrogens with zero attached hydrogens (tertiary/aromatic N) is 3. The Hall–Kier alpha value is -1.85. The average molecular weight is 263 g/mol. The van der Waals surface area contributed by atoms with Crippen molar-refractivity contribution in [1.29, 1.82) is 0 Å².